The van der Waals surface area contributed by atoms with Gasteiger partial charge in [-0.2, -0.15) is 0 Å². The van der Waals surface area contributed by atoms with E-state index in [1.807, 2.05) is 38.1 Å². The van der Waals surface area contributed by atoms with E-state index in [9.17, 15) is 9.59 Å². The quantitative estimate of drug-likeness (QED) is 0.178. The molecule has 2 amide bonds. The summed E-state index contributed by atoms with van der Waals surface area (Å²) in [5.74, 6) is -0.285. The fourth-order valence-corrected chi connectivity index (χ4v) is 4.85. The Kier molecular flexibility index (Phi) is 8.54. The van der Waals surface area contributed by atoms with Gasteiger partial charge in [-0.3, -0.25) is 19.8 Å². The lowest BCUT2D eigenvalue weighted by molar-refractivity contribution is -0.122. The van der Waals surface area contributed by atoms with Gasteiger partial charge >= 0.3 is 0 Å². The van der Waals surface area contributed by atoms with Gasteiger partial charge in [-0.05, 0) is 83.5 Å². The number of rotatable bonds is 7. The Hall–Kier alpha value is -2.91. The molecule has 1 aliphatic rings. The van der Waals surface area contributed by atoms with Gasteiger partial charge in [-0.25, -0.2) is 0 Å². The molecule has 0 atom stereocenters. The summed E-state index contributed by atoms with van der Waals surface area (Å²) in [6.45, 7) is 4.61. The highest BCUT2D eigenvalue weighted by Crippen LogP contribution is 2.39. The molecule has 1 heterocycles. The Morgan fingerprint density at radius 1 is 1.08 bits per heavy atom. The van der Waals surface area contributed by atoms with Gasteiger partial charge in [0.05, 0.1) is 26.8 Å². The van der Waals surface area contributed by atoms with Crippen molar-refractivity contribution in [2.75, 3.05) is 11.5 Å². The van der Waals surface area contributed by atoms with Crippen molar-refractivity contribution < 1.29 is 19.1 Å². The van der Waals surface area contributed by atoms with Gasteiger partial charge in [0.15, 0.2) is 16.6 Å². The van der Waals surface area contributed by atoms with E-state index in [1.54, 1.807) is 30.3 Å². The SMILES string of the molecule is CCOc1cc(/C=C2\C(=O)NC(=S)N(c3cccc(Cl)c3Cl)C2=O)cc(Br)c1OCc1ccc(C)cc1. The first-order chi connectivity index (χ1) is 17.7. The Balaban J connectivity index is 1.67. The molecule has 4 rings (SSSR count). The minimum Gasteiger partial charge on any atom is -0.490 e. The molecule has 37 heavy (non-hydrogen) atoms. The Morgan fingerprint density at radius 3 is 2.51 bits per heavy atom. The van der Waals surface area contributed by atoms with Crippen LogP contribution in [0.2, 0.25) is 10.0 Å². The van der Waals surface area contributed by atoms with E-state index in [0.29, 0.717) is 34.7 Å². The van der Waals surface area contributed by atoms with Gasteiger partial charge in [0.25, 0.3) is 11.8 Å². The van der Waals surface area contributed by atoms with Crippen molar-refractivity contribution in [1.82, 2.24) is 5.32 Å². The van der Waals surface area contributed by atoms with Crippen LogP contribution in [0.4, 0.5) is 5.69 Å². The van der Waals surface area contributed by atoms with Crippen molar-refractivity contribution in [3.05, 3.63) is 91.4 Å². The van der Waals surface area contributed by atoms with Crippen molar-refractivity contribution in [3.8, 4) is 11.5 Å². The second kappa shape index (κ2) is 11.6. The first kappa shape index (κ1) is 27.1. The standard InChI is InChI=1S/C27H21BrCl2N2O4S/c1-3-35-22-13-17(12-19(28)24(22)36-14-16-9-7-15(2)8-10-16)11-18-25(33)31-27(37)32(26(18)34)21-6-4-5-20(29)23(21)30/h4-13H,3,14H2,1-2H3,(H,31,33,37)/b18-11+. The van der Waals surface area contributed by atoms with Crippen LogP contribution in [0, 0.1) is 6.92 Å². The molecule has 0 saturated carbocycles. The van der Waals surface area contributed by atoms with E-state index in [4.69, 9.17) is 44.9 Å². The van der Waals surface area contributed by atoms with Crippen LogP contribution in [-0.4, -0.2) is 23.5 Å². The molecule has 3 aromatic carbocycles. The summed E-state index contributed by atoms with van der Waals surface area (Å²) in [5, 5.41) is 2.85. The summed E-state index contributed by atoms with van der Waals surface area (Å²) in [4.78, 5) is 27.3. The van der Waals surface area contributed by atoms with Crippen LogP contribution in [0.15, 0.2) is 64.6 Å². The number of ether oxygens (including phenoxy) is 2. The summed E-state index contributed by atoms with van der Waals surface area (Å²) >= 11 is 21.2. The summed E-state index contributed by atoms with van der Waals surface area (Å²) in [6, 6.07) is 16.3. The Bertz CT molecular complexity index is 1430. The number of carbonyl (C=O) groups is 2. The summed E-state index contributed by atoms with van der Waals surface area (Å²) in [7, 11) is 0. The van der Waals surface area contributed by atoms with Crippen molar-refractivity contribution >= 4 is 80.0 Å². The van der Waals surface area contributed by atoms with Gasteiger partial charge in [-0.15, -0.1) is 0 Å². The van der Waals surface area contributed by atoms with E-state index in [0.717, 1.165) is 16.0 Å². The van der Waals surface area contributed by atoms with Crippen molar-refractivity contribution in [1.29, 1.82) is 0 Å². The molecular formula is C27H21BrCl2N2O4S. The molecule has 0 radical (unpaired) electrons. The Morgan fingerprint density at radius 2 is 1.81 bits per heavy atom. The number of nitrogens with zero attached hydrogens (tertiary/aromatic N) is 1. The first-order valence-corrected chi connectivity index (χ1v) is 13.2. The number of carbonyl (C=O) groups excluding carboxylic acids is 2. The number of hydrogen-bond acceptors (Lipinski definition) is 5. The number of aryl methyl sites for hydroxylation is 1. The maximum atomic E-state index is 13.4. The summed E-state index contributed by atoms with van der Waals surface area (Å²) in [6.07, 6.45) is 1.46. The number of nitrogens with one attached hydrogen (secondary N) is 1. The van der Waals surface area contributed by atoms with Gasteiger partial charge in [0, 0.05) is 0 Å². The smallest absolute Gasteiger partial charge is 0.270 e. The van der Waals surface area contributed by atoms with Crippen molar-refractivity contribution in [2.45, 2.75) is 20.5 Å². The summed E-state index contributed by atoms with van der Waals surface area (Å²) in [5.41, 5.74) is 2.85. The Labute approximate surface area is 238 Å². The highest BCUT2D eigenvalue weighted by molar-refractivity contribution is 9.10. The molecule has 6 nitrogen and oxygen atoms in total. The largest absolute Gasteiger partial charge is 0.490 e. The third kappa shape index (κ3) is 5.99. The lowest BCUT2D eigenvalue weighted by atomic mass is 10.1. The molecule has 190 valence electrons. The van der Waals surface area contributed by atoms with Crippen LogP contribution in [-0.2, 0) is 16.2 Å². The molecule has 0 spiro atoms. The molecule has 1 N–H and O–H groups in total. The average Bonchev–Trinajstić information content (AvgIpc) is 2.85. The van der Waals surface area contributed by atoms with Gasteiger partial charge < -0.3 is 9.47 Å². The maximum absolute atomic E-state index is 13.4. The number of benzene rings is 3. The molecule has 0 bridgehead atoms. The second-order valence-corrected chi connectivity index (χ2v) is 10.1. The lowest BCUT2D eigenvalue weighted by Gasteiger charge is -2.29. The van der Waals surface area contributed by atoms with E-state index < -0.39 is 11.8 Å². The van der Waals surface area contributed by atoms with Gasteiger partial charge in [0.2, 0.25) is 0 Å². The predicted octanol–water partition coefficient (Wildman–Crippen LogP) is 6.87. The van der Waals surface area contributed by atoms with E-state index in [-0.39, 0.29) is 26.4 Å². The normalized spacial score (nSPS) is 14.7. The minimum absolute atomic E-state index is 0.0904. The van der Waals surface area contributed by atoms with Crippen molar-refractivity contribution in [2.24, 2.45) is 0 Å². The van der Waals surface area contributed by atoms with E-state index in [2.05, 4.69) is 21.2 Å². The number of thiocarbonyl (C=S) groups is 1. The van der Waals surface area contributed by atoms with Crippen LogP contribution in [0.25, 0.3) is 6.08 Å². The van der Waals surface area contributed by atoms with E-state index in [1.165, 1.54) is 6.08 Å². The maximum Gasteiger partial charge on any atom is 0.270 e. The summed E-state index contributed by atoms with van der Waals surface area (Å²) < 4.78 is 12.5. The van der Waals surface area contributed by atoms with Crippen LogP contribution in [0.3, 0.4) is 0 Å². The van der Waals surface area contributed by atoms with Crippen LogP contribution in [0.5, 0.6) is 11.5 Å². The average molecular weight is 620 g/mol. The number of anilines is 1. The highest BCUT2D eigenvalue weighted by Gasteiger charge is 2.35. The second-order valence-electron chi connectivity index (χ2n) is 8.07. The highest BCUT2D eigenvalue weighted by atomic mass is 79.9. The molecule has 0 aliphatic carbocycles. The third-order valence-electron chi connectivity index (χ3n) is 5.42. The zero-order valence-corrected chi connectivity index (χ0v) is 23.7. The number of halogens is 3. The molecule has 10 heteroatoms. The van der Waals surface area contributed by atoms with Crippen LogP contribution >= 0.6 is 51.3 Å². The molecule has 0 aromatic heterocycles. The van der Waals surface area contributed by atoms with Gasteiger partial charge in [0.1, 0.15) is 12.2 Å². The first-order valence-electron chi connectivity index (χ1n) is 11.2. The molecular weight excluding hydrogens is 599 g/mol. The van der Waals surface area contributed by atoms with Crippen LogP contribution in [0.1, 0.15) is 23.6 Å². The molecule has 0 unspecified atom stereocenters. The topological polar surface area (TPSA) is 67.9 Å². The predicted molar refractivity (Wildman–Crippen MR) is 153 cm³/mol. The molecule has 1 fully saturated rings. The molecule has 3 aromatic rings. The van der Waals surface area contributed by atoms with Gasteiger partial charge in [-0.1, -0.05) is 59.1 Å². The monoisotopic (exact) mass is 618 g/mol. The molecule has 1 aliphatic heterocycles. The fraction of sp³-hybridized carbons (Fsp3) is 0.148. The lowest BCUT2D eigenvalue weighted by Crippen LogP contribution is -2.54. The zero-order chi connectivity index (χ0) is 26.7. The van der Waals surface area contributed by atoms with E-state index >= 15 is 0 Å². The fourth-order valence-electron chi connectivity index (χ4n) is 3.62. The van der Waals surface area contributed by atoms with Crippen molar-refractivity contribution in [3.63, 3.8) is 0 Å². The number of amides is 2. The number of hydrogen-bond donors (Lipinski definition) is 1. The third-order valence-corrected chi connectivity index (χ3v) is 7.10. The molecule has 1 saturated heterocycles. The van der Waals surface area contributed by atoms with Crippen LogP contribution < -0.4 is 19.7 Å². The minimum atomic E-state index is -0.633. The zero-order valence-electron chi connectivity index (χ0n) is 19.8.